The lowest BCUT2D eigenvalue weighted by molar-refractivity contribution is 0.293. The van der Waals surface area contributed by atoms with E-state index in [9.17, 15) is 0 Å². The molecular weight excluding hydrogens is 302 g/mol. The molecule has 23 heavy (non-hydrogen) atoms. The van der Waals surface area contributed by atoms with Crippen LogP contribution in [0.4, 0.5) is 5.69 Å². The van der Waals surface area contributed by atoms with E-state index in [4.69, 9.17) is 12.2 Å². The molecule has 0 saturated carbocycles. The van der Waals surface area contributed by atoms with Crippen molar-refractivity contribution < 1.29 is 0 Å². The molecule has 3 nitrogen and oxygen atoms in total. The molecule has 2 unspecified atom stereocenters. The quantitative estimate of drug-likeness (QED) is 0.790. The van der Waals surface area contributed by atoms with Crippen molar-refractivity contribution in [3.8, 4) is 0 Å². The van der Waals surface area contributed by atoms with Crippen LogP contribution in [0.1, 0.15) is 58.1 Å². The van der Waals surface area contributed by atoms with Crippen LogP contribution in [-0.4, -0.2) is 22.6 Å². The van der Waals surface area contributed by atoms with Gasteiger partial charge in [-0.05, 0) is 54.9 Å². The number of hydrogen-bond donors (Lipinski definition) is 2. The monoisotopic (exact) mass is 329 g/mol. The summed E-state index contributed by atoms with van der Waals surface area (Å²) in [5.74, 6) is 0.552. The van der Waals surface area contributed by atoms with Crippen LogP contribution in [0.15, 0.2) is 30.0 Å². The summed E-state index contributed by atoms with van der Waals surface area (Å²) >= 11 is 5.74. The molecule has 2 atom stereocenters. The first-order valence-corrected chi connectivity index (χ1v) is 8.71. The Morgan fingerprint density at radius 3 is 2.65 bits per heavy atom. The van der Waals surface area contributed by atoms with E-state index >= 15 is 0 Å². The van der Waals surface area contributed by atoms with Crippen LogP contribution in [-0.2, 0) is 5.41 Å². The summed E-state index contributed by atoms with van der Waals surface area (Å²) in [6.45, 7) is 11.2. The van der Waals surface area contributed by atoms with Crippen LogP contribution in [0, 0.1) is 0 Å². The van der Waals surface area contributed by atoms with Crippen molar-refractivity contribution in [1.82, 2.24) is 10.4 Å². The van der Waals surface area contributed by atoms with E-state index in [1.807, 2.05) is 12.1 Å². The number of anilines is 1. The number of nitrogens with one attached hydrogen (secondary N) is 2. The molecule has 0 aromatic heterocycles. The third kappa shape index (κ3) is 2.68. The predicted molar refractivity (Wildman–Crippen MR) is 102 cm³/mol. The number of thiocarbonyl (C=S) groups is 1. The van der Waals surface area contributed by atoms with Crippen LogP contribution in [0.2, 0.25) is 0 Å². The maximum Gasteiger partial charge on any atom is 0.106 e. The Morgan fingerprint density at radius 1 is 1.35 bits per heavy atom. The van der Waals surface area contributed by atoms with E-state index in [1.54, 1.807) is 0 Å². The number of benzene rings is 1. The summed E-state index contributed by atoms with van der Waals surface area (Å²) in [5.41, 5.74) is 8.55. The lowest BCUT2D eigenvalue weighted by Gasteiger charge is -2.28. The minimum absolute atomic E-state index is 0.236. The third-order valence-electron chi connectivity index (χ3n) is 5.29. The van der Waals surface area contributed by atoms with E-state index in [-0.39, 0.29) is 11.0 Å². The van der Waals surface area contributed by atoms with Gasteiger partial charge in [-0.3, -0.25) is 0 Å². The molecule has 1 aliphatic heterocycles. The van der Waals surface area contributed by atoms with Crippen LogP contribution in [0.3, 0.4) is 0 Å². The molecule has 3 rings (SSSR count). The fourth-order valence-corrected chi connectivity index (χ4v) is 4.34. The molecule has 1 aromatic carbocycles. The van der Waals surface area contributed by atoms with E-state index < -0.39 is 0 Å². The molecule has 0 spiro atoms. The zero-order valence-electron chi connectivity index (χ0n) is 14.9. The Morgan fingerprint density at radius 2 is 2.04 bits per heavy atom. The van der Waals surface area contributed by atoms with Gasteiger partial charge in [0.1, 0.15) is 10.5 Å². The Kier molecular flexibility index (Phi) is 3.81. The molecule has 124 valence electrons. The lowest BCUT2D eigenvalue weighted by Crippen LogP contribution is -2.51. The van der Waals surface area contributed by atoms with Crippen molar-refractivity contribution in [2.75, 3.05) is 12.4 Å². The van der Waals surface area contributed by atoms with E-state index in [1.165, 1.54) is 23.2 Å². The Bertz CT molecular complexity index is 692. The Hall–Kier alpha value is -1.39. The molecule has 1 heterocycles. The Labute approximate surface area is 145 Å². The smallest absolute Gasteiger partial charge is 0.106 e. The number of nitrogens with zero attached hydrogens (tertiary/aromatic N) is 1. The molecule has 2 N–H and O–H groups in total. The molecule has 1 aliphatic carbocycles. The average Bonchev–Trinajstić information content (AvgIpc) is 2.85. The van der Waals surface area contributed by atoms with Crippen LogP contribution < -0.4 is 10.7 Å². The highest BCUT2D eigenvalue weighted by atomic mass is 32.1. The first-order chi connectivity index (χ1) is 10.6. The van der Waals surface area contributed by atoms with Crippen LogP contribution >= 0.6 is 12.2 Å². The topological polar surface area (TPSA) is 27.3 Å². The molecule has 0 radical (unpaired) electrons. The molecule has 1 aromatic rings. The highest BCUT2D eigenvalue weighted by molar-refractivity contribution is 7.80. The molecule has 2 aliphatic rings. The summed E-state index contributed by atoms with van der Waals surface area (Å²) in [5, 5.41) is 5.55. The van der Waals surface area contributed by atoms with Crippen molar-refractivity contribution in [3.05, 3.63) is 41.1 Å². The summed E-state index contributed by atoms with van der Waals surface area (Å²) in [6, 6.07) is 6.56. The van der Waals surface area contributed by atoms with Crippen molar-refractivity contribution in [2.45, 2.75) is 57.9 Å². The minimum atomic E-state index is -0.339. The summed E-state index contributed by atoms with van der Waals surface area (Å²) in [4.78, 5) is 0.812. The predicted octanol–water partition coefficient (Wildman–Crippen LogP) is 4.32. The van der Waals surface area contributed by atoms with Gasteiger partial charge in [0, 0.05) is 18.4 Å². The van der Waals surface area contributed by atoms with Gasteiger partial charge in [-0.25, -0.2) is 5.43 Å². The van der Waals surface area contributed by atoms with Crippen molar-refractivity contribution in [3.63, 3.8) is 0 Å². The fraction of sp³-hybridized carbons (Fsp3) is 0.526. The molecule has 4 heteroatoms. The zero-order chi connectivity index (χ0) is 17.0. The van der Waals surface area contributed by atoms with Gasteiger partial charge in [0.2, 0.25) is 0 Å². The van der Waals surface area contributed by atoms with E-state index in [2.05, 4.69) is 69.6 Å². The largest absolute Gasteiger partial charge is 0.348 e. The standard InChI is InChI=1S/C19H27N3S/c1-12-10-18(3,4)14-8-7-9-15(16(12)14)20-17(23)19(5)11-13(2)22(6)21-19/h7-9,11-12,21H,10H2,1-6H3,(H,20,23). The molecule has 0 saturated heterocycles. The third-order valence-corrected chi connectivity index (χ3v) is 5.82. The number of allylic oxidation sites excluding steroid dienone is 1. The van der Waals surface area contributed by atoms with E-state index in [0.29, 0.717) is 5.92 Å². The molecule has 0 bridgehead atoms. The SMILES string of the molecule is CC1=CC(C)(C(=S)Nc2cccc3c2C(C)CC3(C)C)NN1C. The Balaban J connectivity index is 1.91. The average molecular weight is 330 g/mol. The zero-order valence-corrected chi connectivity index (χ0v) is 15.8. The first kappa shape index (κ1) is 16.5. The van der Waals surface area contributed by atoms with Gasteiger partial charge >= 0.3 is 0 Å². The van der Waals surface area contributed by atoms with Crippen LogP contribution in [0.5, 0.6) is 0 Å². The highest BCUT2D eigenvalue weighted by Crippen LogP contribution is 2.48. The van der Waals surface area contributed by atoms with Crippen molar-refractivity contribution in [2.24, 2.45) is 0 Å². The minimum Gasteiger partial charge on any atom is -0.348 e. The van der Waals surface area contributed by atoms with Gasteiger partial charge in [0.15, 0.2) is 0 Å². The number of rotatable bonds is 2. The molecular formula is C19H27N3S. The number of hydrazine groups is 1. The second-order valence-electron chi connectivity index (χ2n) is 7.87. The summed E-state index contributed by atoms with van der Waals surface area (Å²) < 4.78 is 0. The van der Waals surface area contributed by atoms with Gasteiger partial charge < -0.3 is 10.3 Å². The number of fused-ring (bicyclic) bond motifs is 1. The van der Waals surface area contributed by atoms with Gasteiger partial charge in [0.05, 0.1) is 0 Å². The normalized spacial score (nSPS) is 28.5. The maximum absolute atomic E-state index is 5.74. The fourth-order valence-electron chi connectivity index (χ4n) is 4.12. The van der Waals surface area contributed by atoms with Gasteiger partial charge in [-0.2, -0.15) is 0 Å². The van der Waals surface area contributed by atoms with Gasteiger partial charge in [-0.1, -0.05) is 45.1 Å². The maximum atomic E-state index is 5.74. The highest BCUT2D eigenvalue weighted by Gasteiger charge is 2.38. The van der Waals surface area contributed by atoms with Crippen LogP contribution in [0.25, 0.3) is 0 Å². The van der Waals surface area contributed by atoms with E-state index in [0.717, 1.165) is 10.7 Å². The van der Waals surface area contributed by atoms with Gasteiger partial charge in [0.25, 0.3) is 0 Å². The molecule has 0 amide bonds. The van der Waals surface area contributed by atoms with Gasteiger partial charge in [-0.15, -0.1) is 0 Å². The summed E-state index contributed by atoms with van der Waals surface area (Å²) in [7, 11) is 2.02. The first-order valence-electron chi connectivity index (χ1n) is 8.30. The number of hydrogen-bond acceptors (Lipinski definition) is 3. The van der Waals surface area contributed by atoms with Crippen molar-refractivity contribution >= 4 is 22.9 Å². The molecule has 0 fully saturated rings. The summed E-state index contributed by atoms with van der Waals surface area (Å²) in [6.07, 6.45) is 3.37. The second kappa shape index (κ2) is 5.32. The lowest BCUT2D eigenvalue weighted by atomic mass is 9.86. The second-order valence-corrected chi connectivity index (χ2v) is 8.28. The van der Waals surface area contributed by atoms with Crippen molar-refractivity contribution in [1.29, 1.82) is 0 Å².